The third-order valence-electron chi connectivity index (χ3n) is 2.36. The van der Waals surface area contributed by atoms with Crippen molar-refractivity contribution in [3.63, 3.8) is 0 Å². The summed E-state index contributed by atoms with van der Waals surface area (Å²) in [5.41, 5.74) is 1.77. The summed E-state index contributed by atoms with van der Waals surface area (Å²) in [7, 11) is 0. The third-order valence-corrected chi connectivity index (χ3v) is 3.03. The van der Waals surface area contributed by atoms with Gasteiger partial charge in [0.25, 0.3) is 5.69 Å². The lowest BCUT2D eigenvalue weighted by molar-refractivity contribution is -0.385. The van der Waals surface area contributed by atoms with E-state index in [0.29, 0.717) is 16.7 Å². The van der Waals surface area contributed by atoms with Crippen LogP contribution in [0.1, 0.15) is 5.56 Å². The van der Waals surface area contributed by atoms with E-state index < -0.39 is 4.92 Å². The molecule has 92 valence electrons. The smallest absolute Gasteiger partial charge is 0.285 e. The maximum absolute atomic E-state index is 10.8. The molecule has 0 bridgehead atoms. The molecule has 2 aromatic rings. The lowest BCUT2D eigenvalue weighted by atomic mass is 10.2. The van der Waals surface area contributed by atoms with Gasteiger partial charge in [0.2, 0.25) is 0 Å². The molecule has 0 fully saturated rings. The number of anilines is 1. The van der Waals surface area contributed by atoms with Crippen LogP contribution in [0.3, 0.4) is 0 Å². The fourth-order valence-corrected chi connectivity index (χ4v) is 1.86. The van der Waals surface area contributed by atoms with Gasteiger partial charge in [-0.2, -0.15) is 0 Å². The zero-order valence-corrected chi connectivity index (χ0v) is 10.9. The molecule has 0 atom stereocenters. The van der Waals surface area contributed by atoms with Crippen molar-refractivity contribution in [2.45, 2.75) is 6.54 Å². The normalized spacial score (nSPS) is 10.1. The lowest BCUT2D eigenvalue weighted by Gasteiger charge is -2.06. The average molecular weight is 308 g/mol. The minimum absolute atomic E-state index is 0.0474. The van der Waals surface area contributed by atoms with Gasteiger partial charge in [-0.05, 0) is 39.7 Å². The van der Waals surface area contributed by atoms with Gasteiger partial charge in [-0.3, -0.25) is 15.1 Å². The Kier molecular flexibility index (Phi) is 3.88. The summed E-state index contributed by atoms with van der Waals surface area (Å²) in [4.78, 5) is 14.4. The summed E-state index contributed by atoms with van der Waals surface area (Å²) in [6.45, 7) is 0.576. The Morgan fingerprint density at radius 3 is 2.89 bits per heavy atom. The number of nitro groups is 1. The van der Waals surface area contributed by atoms with Crippen molar-refractivity contribution in [3.05, 3.63) is 62.9 Å². The molecule has 1 aromatic heterocycles. The number of pyridine rings is 1. The highest BCUT2D eigenvalue weighted by Crippen LogP contribution is 2.27. The van der Waals surface area contributed by atoms with Gasteiger partial charge < -0.3 is 5.32 Å². The van der Waals surface area contributed by atoms with Crippen molar-refractivity contribution in [2.75, 3.05) is 5.32 Å². The van der Waals surface area contributed by atoms with E-state index in [9.17, 15) is 10.1 Å². The van der Waals surface area contributed by atoms with Crippen LogP contribution < -0.4 is 5.32 Å². The molecule has 5 nitrogen and oxygen atoms in total. The van der Waals surface area contributed by atoms with Crippen molar-refractivity contribution in [3.8, 4) is 0 Å². The quantitative estimate of drug-likeness (QED) is 0.694. The van der Waals surface area contributed by atoms with E-state index in [1.54, 1.807) is 24.5 Å². The first-order valence-corrected chi connectivity index (χ1v) is 6.03. The van der Waals surface area contributed by atoms with Crippen molar-refractivity contribution in [1.29, 1.82) is 0 Å². The zero-order chi connectivity index (χ0) is 13.0. The molecule has 0 amide bonds. The van der Waals surface area contributed by atoms with Crippen LogP contribution in [0.2, 0.25) is 0 Å². The molecule has 18 heavy (non-hydrogen) atoms. The molecular weight excluding hydrogens is 298 g/mol. The summed E-state index contributed by atoms with van der Waals surface area (Å²) >= 11 is 3.15. The van der Waals surface area contributed by atoms with E-state index in [4.69, 9.17) is 0 Å². The Labute approximate surface area is 112 Å². The van der Waals surface area contributed by atoms with Crippen LogP contribution in [0.5, 0.6) is 0 Å². The van der Waals surface area contributed by atoms with Gasteiger partial charge in [-0.1, -0.05) is 6.07 Å². The van der Waals surface area contributed by atoms with Gasteiger partial charge in [0, 0.05) is 30.7 Å². The monoisotopic (exact) mass is 307 g/mol. The molecule has 0 saturated heterocycles. The van der Waals surface area contributed by atoms with E-state index in [0.717, 1.165) is 5.56 Å². The van der Waals surface area contributed by atoms with Crippen LogP contribution in [0.4, 0.5) is 11.4 Å². The number of rotatable bonds is 4. The number of nitrogens with zero attached hydrogens (tertiary/aromatic N) is 2. The Balaban J connectivity index is 2.11. The van der Waals surface area contributed by atoms with E-state index in [-0.39, 0.29) is 5.69 Å². The largest absolute Gasteiger partial charge is 0.381 e. The SMILES string of the molecule is O=[N+]([O-])c1cc(NCc2cccnc2)ccc1Br. The predicted octanol–water partition coefficient (Wildman–Crippen LogP) is 3.36. The van der Waals surface area contributed by atoms with Crippen LogP contribution in [0, 0.1) is 10.1 Å². The van der Waals surface area contributed by atoms with Crippen molar-refractivity contribution >= 4 is 27.3 Å². The summed E-state index contributed by atoms with van der Waals surface area (Å²) in [6, 6.07) is 8.73. The Hall–Kier alpha value is -1.95. The number of halogens is 1. The van der Waals surface area contributed by atoms with Crippen LogP contribution in [-0.4, -0.2) is 9.91 Å². The minimum atomic E-state index is -0.417. The van der Waals surface area contributed by atoms with Crippen molar-refractivity contribution in [1.82, 2.24) is 4.98 Å². The second-order valence-electron chi connectivity index (χ2n) is 3.64. The van der Waals surface area contributed by atoms with E-state index in [2.05, 4.69) is 26.2 Å². The van der Waals surface area contributed by atoms with E-state index in [1.165, 1.54) is 6.07 Å². The third kappa shape index (κ3) is 3.04. The predicted molar refractivity (Wildman–Crippen MR) is 72.4 cm³/mol. The molecule has 0 unspecified atom stereocenters. The van der Waals surface area contributed by atoms with Crippen LogP contribution in [0.15, 0.2) is 47.2 Å². The minimum Gasteiger partial charge on any atom is -0.381 e. The Morgan fingerprint density at radius 1 is 1.39 bits per heavy atom. The molecule has 0 spiro atoms. The van der Waals surface area contributed by atoms with E-state index >= 15 is 0 Å². The maximum Gasteiger partial charge on any atom is 0.285 e. The summed E-state index contributed by atoms with van der Waals surface area (Å²) in [5.74, 6) is 0. The molecule has 1 aromatic carbocycles. The molecule has 1 N–H and O–H groups in total. The first kappa shape index (κ1) is 12.5. The van der Waals surface area contributed by atoms with Gasteiger partial charge in [0.05, 0.1) is 9.40 Å². The standard InChI is InChI=1S/C12H10BrN3O2/c13-11-4-3-10(6-12(11)16(17)18)15-8-9-2-1-5-14-7-9/h1-7,15H,8H2. The summed E-state index contributed by atoms with van der Waals surface area (Å²) < 4.78 is 0.472. The zero-order valence-electron chi connectivity index (χ0n) is 9.34. The average Bonchev–Trinajstić information content (AvgIpc) is 2.38. The van der Waals surface area contributed by atoms with Gasteiger partial charge in [0.15, 0.2) is 0 Å². The second-order valence-corrected chi connectivity index (χ2v) is 4.49. The molecule has 0 aliphatic carbocycles. The van der Waals surface area contributed by atoms with Crippen LogP contribution in [0.25, 0.3) is 0 Å². The molecule has 1 heterocycles. The van der Waals surface area contributed by atoms with Crippen LogP contribution >= 0.6 is 15.9 Å². The molecule has 0 radical (unpaired) electrons. The highest BCUT2D eigenvalue weighted by molar-refractivity contribution is 9.10. The Bertz CT molecular complexity index is 561. The van der Waals surface area contributed by atoms with Gasteiger partial charge >= 0.3 is 0 Å². The first-order valence-electron chi connectivity index (χ1n) is 5.23. The molecule has 0 aliphatic rings. The topological polar surface area (TPSA) is 68.1 Å². The fourth-order valence-electron chi connectivity index (χ4n) is 1.47. The highest BCUT2D eigenvalue weighted by Gasteiger charge is 2.11. The lowest BCUT2D eigenvalue weighted by Crippen LogP contribution is -2.00. The molecule has 2 rings (SSSR count). The molecule has 6 heteroatoms. The number of benzene rings is 1. The second kappa shape index (κ2) is 5.59. The number of aromatic nitrogens is 1. The van der Waals surface area contributed by atoms with Crippen LogP contribution in [-0.2, 0) is 6.54 Å². The summed E-state index contributed by atoms with van der Waals surface area (Å²) in [5, 5.41) is 13.9. The fraction of sp³-hybridized carbons (Fsp3) is 0.0833. The number of nitrogens with one attached hydrogen (secondary N) is 1. The number of hydrogen-bond donors (Lipinski definition) is 1. The first-order chi connectivity index (χ1) is 8.66. The van der Waals surface area contributed by atoms with Crippen molar-refractivity contribution < 1.29 is 4.92 Å². The van der Waals surface area contributed by atoms with Gasteiger partial charge in [0.1, 0.15) is 0 Å². The van der Waals surface area contributed by atoms with Crippen molar-refractivity contribution in [2.24, 2.45) is 0 Å². The van der Waals surface area contributed by atoms with Gasteiger partial charge in [-0.25, -0.2) is 0 Å². The molecule has 0 saturated carbocycles. The number of nitro benzene ring substituents is 1. The van der Waals surface area contributed by atoms with E-state index in [1.807, 2.05) is 12.1 Å². The van der Waals surface area contributed by atoms with Gasteiger partial charge in [-0.15, -0.1) is 0 Å². The maximum atomic E-state index is 10.8. The molecular formula is C12H10BrN3O2. The Morgan fingerprint density at radius 2 is 2.22 bits per heavy atom. The summed E-state index contributed by atoms with van der Waals surface area (Å²) in [6.07, 6.45) is 3.45. The highest BCUT2D eigenvalue weighted by atomic mass is 79.9. The molecule has 0 aliphatic heterocycles. The number of hydrogen-bond acceptors (Lipinski definition) is 4.